The molecular weight excluding hydrogens is 288 g/mol. The first-order chi connectivity index (χ1) is 7.66. The normalized spacial score (nSPS) is 22.3. The van der Waals surface area contributed by atoms with Crippen LogP contribution < -0.4 is 5.32 Å². The summed E-state index contributed by atoms with van der Waals surface area (Å²) in [5, 5.41) is 4.20. The molecule has 1 N–H and O–H groups in total. The molecule has 88 valence electrons. The van der Waals surface area contributed by atoms with Crippen molar-refractivity contribution < 1.29 is 0 Å². The molecule has 1 unspecified atom stereocenters. The largest absolute Gasteiger partial charge is 0.314 e. The topological polar surface area (TPSA) is 15.3 Å². The summed E-state index contributed by atoms with van der Waals surface area (Å²) >= 11 is 9.60. The monoisotopic (exact) mass is 302 g/mol. The fourth-order valence-corrected chi connectivity index (χ4v) is 2.57. The molecule has 0 aliphatic carbocycles. The van der Waals surface area contributed by atoms with E-state index in [4.69, 9.17) is 11.6 Å². The Hall–Kier alpha value is -0.0900. The number of benzene rings is 1. The van der Waals surface area contributed by atoms with Crippen LogP contribution in [0.1, 0.15) is 12.5 Å². The van der Waals surface area contributed by atoms with E-state index in [1.165, 1.54) is 5.56 Å². The van der Waals surface area contributed by atoms with Gasteiger partial charge >= 0.3 is 0 Å². The van der Waals surface area contributed by atoms with Crippen molar-refractivity contribution in [3.63, 3.8) is 0 Å². The third kappa shape index (κ3) is 2.98. The van der Waals surface area contributed by atoms with Gasteiger partial charge in [-0.3, -0.25) is 4.90 Å². The van der Waals surface area contributed by atoms with Gasteiger partial charge < -0.3 is 5.32 Å². The van der Waals surface area contributed by atoms with E-state index < -0.39 is 0 Å². The number of nitrogens with one attached hydrogen (secondary N) is 1. The molecule has 1 atom stereocenters. The number of nitrogens with zero attached hydrogens (tertiary/aromatic N) is 1. The smallest absolute Gasteiger partial charge is 0.0410 e. The predicted octanol–water partition coefficient (Wildman–Crippen LogP) is 2.90. The Bertz CT molecular complexity index is 370. The second-order valence-electron chi connectivity index (χ2n) is 4.26. The van der Waals surface area contributed by atoms with Crippen molar-refractivity contribution in [3.8, 4) is 0 Å². The minimum atomic E-state index is 0.583. The van der Waals surface area contributed by atoms with E-state index in [1.54, 1.807) is 0 Å². The van der Waals surface area contributed by atoms with Crippen molar-refractivity contribution >= 4 is 27.5 Å². The Kier molecular flexibility index (Phi) is 4.25. The zero-order valence-electron chi connectivity index (χ0n) is 9.34. The van der Waals surface area contributed by atoms with E-state index in [-0.39, 0.29) is 0 Å². The van der Waals surface area contributed by atoms with Crippen molar-refractivity contribution in [1.29, 1.82) is 0 Å². The van der Waals surface area contributed by atoms with Gasteiger partial charge in [0.15, 0.2) is 0 Å². The Morgan fingerprint density at radius 3 is 3.12 bits per heavy atom. The molecule has 0 amide bonds. The van der Waals surface area contributed by atoms with Gasteiger partial charge in [-0.05, 0) is 30.7 Å². The Morgan fingerprint density at radius 2 is 2.38 bits per heavy atom. The van der Waals surface area contributed by atoms with Gasteiger partial charge in [-0.25, -0.2) is 0 Å². The molecule has 1 aliphatic rings. The first-order valence-electron chi connectivity index (χ1n) is 5.55. The van der Waals surface area contributed by atoms with Gasteiger partial charge in [0, 0.05) is 41.7 Å². The Morgan fingerprint density at radius 1 is 1.56 bits per heavy atom. The molecule has 1 saturated heterocycles. The molecule has 0 aromatic heterocycles. The lowest BCUT2D eigenvalue weighted by Gasteiger charge is -2.34. The maximum atomic E-state index is 6.02. The SMILES string of the molecule is CC1CNCCN1Cc1cc(Cl)ccc1Br. The third-order valence-electron chi connectivity index (χ3n) is 3.02. The summed E-state index contributed by atoms with van der Waals surface area (Å²) in [7, 11) is 0. The molecule has 1 aromatic rings. The summed E-state index contributed by atoms with van der Waals surface area (Å²) in [6.07, 6.45) is 0. The summed E-state index contributed by atoms with van der Waals surface area (Å²) in [5.41, 5.74) is 1.27. The predicted molar refractivity (Wildman–Crippen MR) is 71.9 cm³/mol. The summed E-state index contributed by atoms with van der Waals surface area (Å²) < 4.78 is 1.14. The van der Waals surface area contributed by atoms with E-state index in [0.717, 1.165) is 35.7 Å². The van der Waals surface area contributed by atoms with Crippen molar-refractivity contribution in [2.45, 2.75) is 19.5 Å². The van der Waals surface area contributed by atoms with Crippen LogP contribution in [0.4, 0.5) is 0 Å². The number of hydrogen-bond donors (Lipinski definition) is 1. The second-order valence-corrected chi connectivity index (χ2v) is 5.55. The standard InChI is InChI=1S/C12H16BrClN2/c1-9-7-15-4-5-16(9)8-10-6-11(14)2-3-12(10)13/h2-3,6,9,15H,4-5,7-8H2,1H3. The van der Waals surface area contributed by atoms with Crippen LogP contribution in [0.5, 0.6) is 0 Å². The maximum absolute atomic E-state index is 6.02. The van der Waals surface area contributed by atoms with Crippen LogP contribution >= 0.6 is 27.5 Å². The Balaban J connectivity index is 2.10. The van der Waals surface area contributed by atoms with E-state index in [0.29, 0.717) is 6.04 Å². The van der Waals surface area contributed by atoms with Gasteiger partial charge in [0.05, 0.1) is 0 Å². The average Bonchev–Trinajstić information content (AvgIpc) is 2.27. The van der Waals surface area contributed by atoms with E-state index >= 15 is 0 Å². The molecule has 0 spiro atoms. The molecule has 0 radical (unpaired) electrons. The van der Waals surface area contributed by atoms with Gasteiger partial charge in [0.25, 0.3) is 0 Å². The van der Waals surface area contributed by atoms with Crippen molar-refractivity contribution in [2.75, 3.05) is 19.6 Å². The Labute approximate surface area is 110 Å². The number of hydrogen-bond acceptors (Lipinski definition) is 2. The first-order valence-corrected chi connectivity index (χ1v) is 6.72. The van der Waals surface area contributed by atoms with Crippen LogP contribution in [0.3, 0.4) is 0 Å². The summed E-state index contributed by atoms with van der Waals surface area (Å²) in [6.45, 7) is 6.45. The van der Waals surface area contributed by atoms with Crippen LogP contribution in [0.15, 0.2) is 22.7 Å². The molecule has 0 saturated carbocycles. The fourth-order valence-electron chi connectivity index (χ4n) is 2.00. The van der Waals surface area contributed by atoms with Gasteiger partial charge in [-0.2, -0.15) is 0 Å². The minimum absolute atomic E-state index is 0.583. The lowest BCUT2D eigenvalue weighted by molar-refractivity contribution is 0.165. The van der Waals surface area contributed by atoms with Crippen LogP contribution in [-0.2, 0) is 6.54 Å². The van der Waals surface area contributed by atoms with E-state index in [1.807, 2.05) is 18.2 Å². The highest BCUT2D eigenvalue weighted by atomic mass is 79.9. The number of halogens is 2. The molecule has 0 bridgehead atoms. The second kappa shape index (κ2) is 5.50. The highest BCUT2D eigenvalue weighted by Crippen LogP contribution is 2.23. The molecule has 1 heterocycles. The number of piperazine rings is 1. The first kappa shape index (κ1) is 12.4. The van der Waals surface area contributed by atoms with Crippen molar-refractivity contribution in [1.82, 2.24) is 10.2 Å². The quantitative estimate of drug-likeness (QED) is 0.904. The van der Waals surface area contributed by atoms with E-state index in [9.17, 15) is 0 Å². The summed E-state index contributed by atoms with van der Waals surface area (Å²) in [6, 6.07) is 6.56. The highest BCUT2D eigenvalue weighted by molar-refractivity contribution is 9.10. The zero-order valence-corrected chi connectivity index (χ0v) is 11.7. The summed E-state index contributed by atoms with van der Waals surface area (Å²) in [4.78, 5) is 2.48. The van der Waals surface area contributed by atoms with Crippen LogP contribution in [0.25, 0.3) is 0 Å². The molecule has 2 rings (SSSR count). The molecule has 1 fully saturated rings. The van der Waals surface area contributed by atoms with Crippen molar-refractivity contribution in [2.24, 2.45) is 0 Å². The molecule has 4 heteroatoms. The van der Waals surface area contributed by atoms with Crippen LogP contribution in [0, 0.1) is 0 Å². The molecule has 16 heavy (non-hydrogen) atoms. The highest BCUT2D eigenvalue weighted by Gasteiger charge is 2.18. The van der Waals surface area contributed by atoms with Crippen LogP contribution in [-0.4, -0.2) is 30.6 Å². The third-order valence-corrected chi connectivity index (χ3v) is 4.03. The number of rotatable bonds is 2. The van der Waals surface area contributed by atoms with Gasteiger partial charge in [0.2, 0.25) is 0 Å². The molecule has 2 nitrogen and oxygen atoms in total. The molecular formula is C12H16BrClN2. The van der Waals surface area contributed by atoms with Gasteiger partial charge in [-0.15, -0.1) is 0 Å². The van der Waals surface area contributed by atoms with Gasteiger partial charge in [0.1, 0.15) is 0 Å². The maximum Gasteiger partial charge on any atom is 0.0410 e. The van der Waals surface area contributed by atoms with Crippen molar-refractivity contribution in [3.05, 3.63) is 33.3 Å². The average molecular weight is 304 g/mol. The summed E-state index contributed by atoms with van der Waals surface area (Å²) in [5.74, 6) is 0. The molecule has 1 aromatic carbocycles. The van der Waals surface area contributed by atoms with Crippen LogP contribution in [0.2, 0.25) is 5.02 Å². The molecule has 1 aliphatic heterocycles. The van der Waals surface area contributed by atoms with E-state index in [2.05, 4.69) is 33.1 Å². The van der Waals surface area contributed by atoms with Gasteiger partial charge in [-0.1, -0.05) is 27.5 Å². The lowest BCUT2D eigenvalue weighted by Crippen LogP contribution is -2.49. The fraction of sp³-hybridized carbons (Fsp3) is 0.500. The minimum Gasteiger partial charge on any atom is -0.314 e. The zero-order chi connectivity index (χ0) is 11.5. The lowest BCUT2D eigenvalue weighted by atomic mass is 10.1.